The number of benzene rings is 3. The van der Waals surface area contributed by atoms with Gasteiger partial charge in [0.1, 0.15) is 5.75 Å². The number of carbonyl (C=O) groups is 1. The Balaban J connectivity index is 1.41. The first kappa shape index (κ1) is 32.0. The molecular weight excluding hydrogens is 508 g/mol. The minimum Gasteiger partial charge on any atom is -0.491 e. The monoisotopic (exact) mass is 558 g/mol. The summed E-state index contributed by atoms with van der Waals surface area (Å²) in [4.78, 5) is 13.9. The first-order valence-electron chi connectivity index (χ1n) is 15.8. The number of hydrogen-bond acceptors (Lipinski definition) is 3. The van der Waals surface area contributed by atoms with Crippen LogP contribution in [0.25, 0.3) is 11.1 Å². The summed E-state index contributed by atoms with van der Waals surface area (Å²) in [5, 5.41) is 0.0824. The molecule has 0 saturated carbocycles. The summed E-state index contributed by atoms with van der Waals surface area (Å²) < 4.78 is 6.10. The summed E-state index contributed by atoms with van der Waals surface area (Å²) >= 11 is 1.31. The Labute approximate surface area is 248 Å². The van der Waals surface area contributed by atoms with E-state index in [2.05, 4.69) is 57.2 Å². The van der Waals surface area contributed by atoms with E-state index in [0.717, 1.165) is 40.2 Å². The van der Waals surface area contributed by atoms with Crippen molar-refractivity contribution in [3.8, 4) is 16.9 Å². The van der Waals surface area contributed by atoms with Gasteiger partial charge in [-0.25, -0.2) is 0 Å². The lowest BCUT2D eigenvalue weighted by Crippen LogP contribution is -2.11. The fourth-order valence-electron chi connectivity index (χ4n) is 5.03. The molecule has 0 unspecified atom stereocenters. The van der Waals surface area contributed by atoms with Gasteiger partial charge in [-0.1, -0.05) is 114 Å². The van der Waals surface area contributed by atoms with Gasteiger partial charge < -0.3 is 4.74 Å². The second-order valence-electron chi connectivity index (χ2n) is 11.1. The summed E-state index contributed by atoms with van der Waals surface area (Å²) in [6.07, 6.45) is 18.3. The van der Waals surface area contributed by atoms with Gasteiger partial charge in [-0.15, -0.1) is 0 Å². The van der Waals surface area contributed by atoms with Gasteiger partial charge >= 0.3 is 0 Å². The van der Waals surface area contributed by atoms with Crippen molar-refractivity contribution in [1.82, 2.24) is 0 Å². The lowest BCUT2D eigenvalue weighted by atomic mass is 10.0. The molecule has 1 atom stereocenters. The Hall–Kier alpha value is -2.52. The number of rotatable bonds is 19. The van der Waals surface area contributed by atoms with Gasteiger partial charge in [0.2, 0.25) is 5.12 Å². The number of unbranched alkanes of at least 4 members (excludes halogenated alkanes) is 10. The molecule has 0 radical (unpaired) electrons. The van der Waals surface area contributed by atoms with Crippen LogP contribution in [0.15, 0.2) is 77.7 Å². The maximum atomic E-state index is 12.9. The molecular formula is C37H50O2S. The van der Waals surface area contributed by atoms with Gasteiger partial charge in [0.15, 0.2) is 0 Å². The van der Waals surface area contributed by atoms with Crippen molar-refractivity contribution in [2.45, 2.75) is 122 Å². The van der Waals surface area contributed by atoms with Crippen LogP contribution in [0.5, 0.6) is 5.75 Å². The Morgan fingerprint density at radius 1 is 0.650 bits per heavy atom. The van der Waals surface area contributed by atoms with Crippen LogP contribution in [-0.2, 0) is 6.42 Å². The van der Waals surface area contributed by atoms with E-state index in [1.54, 1.807) is 0 Å². The van der Waals surface area contributed by atoms with Gasteiger partial charge in [0, 0.05) is 10.5 Å². The zero-order valence-corrected chi connectivity index (χ0v) is 25.9. The first-order valence-corrected chi connectivity index (χ1v) is 16.6. The maximum Gasteiger partial charge on any atom is 0.224 e. The number of ether oxygens (including phenoxy) is 1. The molecule has 0 spiro atoms. The second kappa shape index (κ2) is 18.8. The highest BCUT2D eigenvalue weighted by Crippen LogP contribution is 2.27. The standard InChI is InChI=1S/C37H50O2S/c1-4-6-8-10-11-12-13-15-17-31-18-28-36(29-19-31)40-37(38)34-22-20-32(21-23-34)33-24-26-35(27-25-33)39-30(3)16-14-9-7-5-2/h18-30H,4-17H2,1-3H3/t30-/m0/s1. The largest absolute Gasteiger partial charge is 0.491 e. The van der Waals surface area contributed by atoms with Gasteiger partial charge in [-0.2, -0.15) is 0 Å². The number of hydrogen-bond donors (Lipinski definition) is 0. The van der Waals surface area contributed by atoms with Gasteiger partial charge in [0.25, 0.3) is 0 Å². The number of aryl methyl sites for hydroxylation is 1. The third-order valence-corrected chi connectivity index (χ3v) is 8.49. The number of thioether (sulfide) groups is 1. The molecule has 3 aromatic carbocycles. The van der Waals surface area contributed by atoms with E-state index >= 15 is 0 Å². The van der Waals surface area contributed by atoms with Gasteiger partial charge in [0.05, 0.1) is 6.10 Å². The molecule has 3 aromatic rings. The summed E-state index contributed by atoms with van der Waals surface area (Å²) in [5.41, 5.74) is 4.33. The van der Waals surface area contributed by atoms with Crippen molar-refractivity contribution in [3.63, 3.8) is 0 Å². The van der Waals surface area contributed by atoms with E-state index in [4.69, 9.17) is 4.74 Å². The van der Waals surface area contributed by atoms with Crippen LogP contribution in [0.2, 0.25) is 0 Å². The zero-order chi connectivity index (χ0) is 28.4. The summed E-state index contributed by atoms with van der Waals surface area (Å²) in [6, 6.07) is 24.8. The highest BCUT2D eigenvalue weighted by molar-refractivity contribution is 8.14. The molecule has 0 bridgehead atoms. The van der Waals surface area contributed by atoms with Crippen LogP contribution in [0.4, 0.5) is 0 Å². The molecule has 0 heterocycles. The quantitative estimate of drug-likeness (QED) is 0.108. The van der Waals surface area contributed by atoms with E-state index < -0.39 is 0 Å². The summed E-state index contributed by atoms with van der Waals surface area (Å²) in [7, 11) is 0. The average molecular weight is 559 g/mol. The second-order valence-corrected chi connectivity index (χ2v) is 12.2. The normalized spacial score (nSPS) is 11.9. The third-order valence-electron chi connectivity index (χ3n) is 7.56. The van der Waals surface area contributed by atoms with Crippen molar-refractivity contribution in [2.24, 2.45) is 0 Å². The number of carbonyl (C=O) groups excluding carboxylic acids is 1. The molecule has 0 N–H and O–H groups in total. The average Bonchev–Trinajstić information content (AvgIpc) is 2.98. The molecule has 2 nitrogen and oxygen atoms in total. The molecule has 216 valence electrons. The molecule has 0 aliphatic heterocycles. The first-order chi connectivity index (χ1) is 19.6. The van der Waals surface area contributed by atoms with Crippen molar-refractivity contribution in [1.29, 1.82) is 0 Å². The van der Waals surface area contributed by atoms with Gasteiger partial charge in [-0.05, 0) is 97.5 Å². The van der Waals surface area contributed by atoms with E-state index in [-0.39, 0.29) is 11.2 Å². The summed E-state index contributed by atoms with van der Waals surface area (Å²) in [6.45, 7) is 6.66. The smallest absolute Gasteiger partial charge is 0.224 e. The lowest BCUT2D eigenvalue weighted by molar-refractivity contribution is 0.108. The predicted octanol–water partition coefficient (Wildman–Crippen LogP) is 11.7. The van der Waals surface area contributed by atoms with E-state index in [0.29, 0.717) is 0 Å². The van der Waals surface area contributed by atoms with Crippen molar-refractivity contribution in [2.75, 3.05) is 0 Å². The highest BCUT2D eigenvalue weighted by atomic mass is 32.2. The minimum absolute atomic E-state index is 0.0824. The Morgan fingerprint density at radius 2 is 1.18 bits per heavy atom. The molecule has 0 fully saturated rings. The maximum absolute atomic E-state index is 12.9. The zero-order valence-electron chi connectivity index (χ0n) is 25.1. The van der Waals surface area contributed by atoms with Crippen molar-refractivity contribution < 1.29 is 9.53 Å². The van der Waals surface area contributed by atoms with Crippen LogP contribution >= 0.6 is 11.8 Å². The van der Waals surface area contributed by atoms with E-state index in [1.807, 2.05) is 36.4 Å². The van der Waals surface area contributed by atoms with E-state index in [9.17, 15) is 4.79 Å². The Bertz CT molecular complexity index is 1090. The Kier molecular flexibility index (Phi) is 15.0. The van der Waals surface area contributed by atoms with Crippen LogP contribution < -0.4 is 4.74 Å². The van der Waals surface area contributed by atoms with E-state index in [1.165, 1.54) is 94.4 Å². The van der Waals surface area contributed by atoms with Crippen LogP contribution in [0.3, 0.4) is 0 Å². The third kappa shape index (κ3) is 11.9. The Morgan fingerprint density at radius 3 is 1.77 bits per heavy atom. The van der Waals surface area contributed by atoms with Crippen molar-refractivity contribution in [3.05, 3.63) is 83.9 Å². The topological polar surface area (TPSA) is 26.3 Å². The van der Waals surface area contributed by atoms with Crippen LogP contribution in [-0.4, -0.2) is 11.2 Å². The van der Waals surface area contributed by atoms with Gasteiger partial charge in [-0.3, -0.25) is 4.79 Å². The summed E-state index contributed by atoms with van der Waals surface area (Å²) in [5.74, 6) is 0.916. The van der Waals surface area contributed by atoms with Crippen LogP contribution in [0.1, 0.15) is 120 Å². The molecule has 3 rings (SSSR count). The highest BCUT2D eigenvalue weighted by Gasteiger charge is 2.10. The molecule has 0 aliphatic carbocycles. The molecule has 40 heavy (non-hydrogen) atoms. The fraction of sp³-hybridized carbons (Fsp3) is 0.486. The molecule has 0 saturated heterocycles. The SMILES string of the molecule is CCCCCCCCCCc1ccc(SC(=O)c2ccc(-c3ccc(O[C@@H](C)CCCCCC)cc3)cc2)cc1. The molecule has 0 amide bonds. The molecule has 0 aliphatic rings. The molecule has 0 aromatic heterocycles. The lowest BCUT2D eigenvalue weighted by Gasteiger charge is -2.15. The minimum atomic E-state index is 0.0824. The predicted molar refractivity (Wildman–Crippen MR) is 174 cm³/mol. The van der Waals surface area contributed by atoms with Crippen molar-refractivity contribution >= 4 is 16.9 Å². The fourth-order valence-corrected chi connectivity index (χ4v) is 5.77. The van der Waals surface area contributed by atoms with Crippen LogP contribution in [0, 0.1) is 0 Å². The molecule has 3 heteroatoms.